The summed E-state index contributed by atoms with van der Waals surface area (Å²) in [5, 5.41) is 12.8. The minimum absolute atomic E-state index is 0.0300. The minimum atomic E-state index is -0.220. The maximum Gasteiger partial charge on any atom is 0.338 e. The molecule has 5 nitrogen and oxygen atoms in total. The Bertz CT molecular complexity index is 236. The van der Waals surface area contributed by atoms with E-state index in [9.17, 15) is 4.79 Å². The fraction of sp³-hybridized carbons (Fsp3) is 0.778. The lowest BCUT2D eigenvalue weighted by atomic mass is 10.2. The van der Waals surface area contributed by atoms with Crippen LogP contribution in [0.25, 0.3) is 0 Å². The van der Waals surface area contributed by atoms with Gasteiger partial charge in [-0.15, -0.1) is 0 Å². The quantitative estimate of drug-likeness (QED) is 0.504. The summed E-state index contributed by atoms with van der Waals surface area (Å²) in [6.45, 7) is 4.36. The van der Waals surface area contributed by atoms with Crippen molar-refractivity contribution in [2.24, 2.45) is 5.10 Å². The first-order valence-electron chi connectivity index (χ1n) is 4.83. The van der Waals surface area contributed by atoms with Gasteiger partial charge >= 0.3 is 6.03 Å². The number of urea groups is 1. The predicted octanol–water partition coefficient (Wildman–Crippen LogP) is 0.548. The summed E-state index contributed by atoms with van der Waals surface area (Å²) in [6.07, 6.45) is 1.83. The fourth-order valence-electron chi connectivity index (χ4n) is 1.52. The van der Waals surface area contributed by atoms with E-state index >= 15 is 0 Å². The van der Waals surface area contributed by atoms with E-state index in [2.05, 4.69) is 10.5 Å². The Morgan fingerprint density at radius 1 is 1.64 bits per heavy atom. The van der Waals surface area contributed by atoms with Gasteiger partial charge < -0.3 is 10.0 Å². The Hall–Kier alpha value is -1.10. The molecule has 1 heterocycles. The van der Waals surface area contributed by atoms with Crippen LogP contribution in [-0.2, 0) is 0 Å². The molecule has 0 unspecified atom stereocenters. The third-order valence-electron chi connectivity index (χ3n) is 2.22. The number of amides is 2. The van der Waals surface area contributed by atoms with Crippen LogP contribution >= 0.6 is 0 Å². The summed E-state index contributed by atoms with van der Waals surface area (Å²) in [5.74, 6) is 0. The number of hydrogen-bond donors (Lipinski definition) is 2. The van der Waals surface area contributed by atoms with Crippen molar-refractivity contribution in [1.29, 1.82) is 0 Å². The highest BCUT2D eigenvalue weighted by Crippen LogP contribution is 2.16. The first-order valence-corrected chi connectivity index (χ1v) is 4.83. The highest BCUT2D eigenvalue weighted by atomic mass is 16.3. The normalized spacial score (nSPS) is 20.8. The molecule has 80 valence electrons. The van der Waals surface area contributed by atoms with Gasteiger partial charge in [-0.3, -0.25) is 0 Å². The van der Waals surface area contributed by atoms with Crippen molar-refractivity contribution >= 4 is 11.7 Å². The first-order chi connectivity index (χ1) is 6.65. The molecule has 5 heteroatoms. The van der Waals surface area contributed by atoms with Crippen molar-refractivity contribution in [2.75, 3.05) is 13.2 Å². The van der Waals surface area contributed by atoms with Crippen molar-refractivity contribution in [2.45, 2.75) is 32.7 Å². The Morgan fingerprint density at radius 2 is 2.36 bits per heavy atom. The van der Waals surface area contributed by atoms with Gasteiger partial charge in [-0.2, -0.15) is 5.10 Å². The van der Waals surface area contributed by atoms with Crippen molar-refractivity contribution < 1.29 is 9.90 Å². The van der Waals surface area contributed by atoms with Gasteiger partial charge in [-0.1, -0.05) is 0 Å². The highest BCUT2D eigenvalue weighted by Gasteiger charge is 2.27. The average Bonchev–Trinajstić information content (AvgIpc) is 2.61. The lowest BCUT2D eigenvalue weighted by Gasteiger charge is -2.21. The molecule has 0 aromatic rings. The van der Waals surface area contributed by atoms with Crippen LogP contribution in [0.5, 0.6) is 0 Å². The van der Waals surface area contributed by atoms with Crippen LogP contribution in [0.3, 0.4) is 0 Å². The van der Waals surface area contributed by atoms with E-state index in [1.807, 2.05) is 13.8 Å². The van der Waals surface area contributed by atoms with Gasteiger partial charge in [0.2, 0.25) is 0 Å². The summed E-state index contributed by atoms with van der Waals surface area (Å²) in [7, 11) is 0. The third-order valence-corrected chi connectivity index (χ3v) is 2.22. The summed E-state index contributed by atoms with van der Waals surface area (Å²) in [6, 6.07) is -0.259. The van der Waals surface area contributed by atoms with Crippen molar-refractivity contribution in [3.63, 3.8) is 0 Å². The smallest absolute Gasteiger partial charge is 0.338 e. The summed E-state index contributed by atoms with van der Waals surface area (Å²) in [5.41, 5.74) is 3.26. The second kappa shape index (κ2) is 4.95. The van der Waals surface area contributed by atoms with Gasteiger partial charge in [-0.25, -0.2) is 10.2 Å². The van der Waals surface area contributed by atoms with E-state index in [1.165, 1.54) is 0 Å². The van der Waals surface area contributed by atoms with Gasteiger partial charge in [0.15, 0.2) is 0 Å². The molecule has 14 heavy (non-hydrogen) atoms. The molecule has 2 N–H and O–H groups in total. The highest BCUT2D eigenvalue weighted by molar-refractivity contribution is 5.82. The largest absolute Gasteiger partial charge is 0.394 e. The van der Waals surface area contributed by atoms with Gasteiger partial charge in [0.05, 0.1) is 12.6 Å². The predicted molar refractivity (Wildman–Crippen MR) is 54.1 cm³/mol. The SMILES string of the molecule is CC(C)=NNC(=O)N1CCC[C@H]1CO. The fourth-order valence-corrected chi connectivity index (χ4v) is 1.52. The molecule has 1 fully saturated rings. The Labute approximate surface area is 83.8 Å². The third kappa shape index (κ3) is 2.70. The van der Waals surface area contributed by atoms with Crippen LogP contribution in [0.1, 0.15) is 26.7 Å². The van der Waals surface area contributed by atoms with Crippen molar-refractivity contribution in [1.82, 2.24) is 10.3 Å². The number of nitrogens with one attached hydrogen (secondary N) is 1. The average molecular weight is 199 g/mol. The molecule has 2 amide bonds. The molecule has 1 rings (SSSR count). The van der Waals surface area contributed by atoms with Gasteiger partial charge in [-0.05, 0) is 26.7 Å². The van der Waals surface area contributed by atoms with E-state index in [0.29, 0.717) is 6.54 Å². The topological polar surface area (TPSA) is 64.9 Å². The van der Waals surface area contributed by atoms with Crippen LogP contribution in [0.4, 0.5) is 4.79 Å². The second-order valence-corrected chi connectivity index (χ2v) is 3.65. The zero-order valence-electron chi connectivity index (χ0n) is 8.66. The lowest BCUT2D eigenvalue weighted by Crippen LogP contribution is -2.42. The number of nitrogens with zero attached hydrogens (tertiary/aromatic N) is 2. The number of aliphatic hydroxyl groups is 1. The standard InChI is InChI=1S/C9H17N3O2/c1-7(2)10-11-9(14)12-5-3-4-8(12)6-13/h8,13H,3-6H2,1-2H3,(H,11,14)/t8-/m0/s1. The maximum atomic E-state index is 11.5. The Morgan fingerprint density at radius 3 is 2.93 bits per heavy atom. The summed E-state index contributed by atoms with van der Waals surface area (Å²) < 4.78 is 0. The van der Waals surface area contributed by atoms with E-state index < -0.39 is 0 Å². The lowest BCUT2D eigenvalue weighted by molar-refractivity contribution is 0.157. The van der Waals surface area contributed by atoms with Crippen LogP contribution in [-0.4, -0.2) is 40.9 Å². The molecule has 1 aliphatic rings. The Balaban J connectivity index is 2.47. The van der Waals surface area contributed by atoms with Crippen LogP contribution in [0.15, 0.2) is 5.10 Å². The van der Waals surface area contributed by atoms with E-state index in [-0.39, 0.29) is 18.7 Å². The molecular formula is C9H17N3O2. The van der Waals surface area contributed by atoms with E-state index in [1.54, 1.807) is 4.90 Å². The van der Waals surface area contributed by atoms with Crippen LogP contribution < -0.4 is 5.43 Å². The second-order valence-electron chi connectivity index (χ2n) is 3.65. The Kier molecular flexibility index (Phi) is 3.88. The summed E-state index contributed by atoms with van der Waals surface area (Å²) in [4.78, 5) is 13.1. The molecule has 0 saturated carbocycles. The number of carbonyl (C=O) groups is 1. The van der Waals surface area contributed by atoms with Crippen LogP contribution in [0, 0.1) is 0 Å². The zero-order valence-corrected chi connectivity index (χ0v) is 8.66. The van der Waals surface area contributed by atoms with Gasteiger partial charge in [0.1, 0.15) is 0 Å². The molecule has 1 aliphatic heterocycles. The van der Waals surface area contributed by atoms with E-state index in [4.69, 9.17) is 5.11 Å². The molecule has 0 aliphatic carbocycles. The molecule has 0 aromatic heterocycles. The molecule has 1 atom stereocenters. The molecule has 0 radical (unpaired) electrons. The minimum Gasteiger partial charge on any atom is -0.394 e. The molecule has 0 aromatic carbocycles. The zero-order chi connectivity index (χ0) is 10.6. The summed E-state index contributed by atoms with van der Waals surface area (Å²) >= 11 is 0. The number of carbonyl (C=O) groups excluding carboxylic acids is 1. The van der Waals surface area contributed by atoms with E-state index in [0.717, 1.165) is 18.6 Å². The molecule has 0 bridgehead atoms. The van der Waals surface area contributed by atoms with Crippen molar-refractivity contribution in [3.05, 3.63) is 0 Å². The number of rotatable bonds is 2. The molecular weight excluding hydrogens is 182 g/mol. The van der Waals surface area contributed by atoms with Gasteiger partial charge in [0, 0.05) is 12.3 Å². The maximum absolute atomic E-state index is 11.5. The number of hydrazone groups is 1. The number of aliphatic hydroxyl groups excluding tert-OH is 1. The molecule has 0 spiro atoms. The van der Waals surface area contributed by atoms with Crippen LogP contribution in [0.2, 0.25) is 0 Å². The number of likely N-dealkylation sites (tertiary alicyclic amines) is 1. The molecule has 1 saturated heterocycles. The van der Waals surface area contributed by atoms with Crippen molar-refractivity contribution in [3.8, 4) is 0 Å². The monoisotopic (exact) mass is 199 g/mol. The first kappa shape index (κ1) is 11.0. The number of hydrogen-bond acceptors (Lipinski definition) is 3. The van der Waals surface area contributed by atoms with Gasteiger partial charge in [0.25, 0.3) is 0 Å².